The lowest BCUT2D eigenvalue weighted by Gasteiger charge is -2.14. The molecular weight excluding hydrogens is 266 g/mol. The highest BCUT2D eigenvalue weighted by atomic mass is 16.7. The van der Waals surface area contributed by atoms with Gasteiger partial charge in [0.15, 0.2) is 0 Å². The number of aromatic nitrogens is 1. The van der Waals surface area contributed by atoms with Crippen LogP contribution in [0.2, 0.25) is 0 Å². The van der Waals surface area contributed by atoms with Crippen LogP contribution in [0.25, 0.3) is 21.7 Å². The predicted molar refractivity (Wildman–Crippen MR) is 80.4 cm³/mol. The Morgan fingerprint density at radius 2 is 1.81 bits per heavy atom. The van der Waals surface area contributed by atoms with Crippen LogP contribution in [0.1, 0.15) is 12.0 Å². The van der Waals surface area contributed by atoms with Crippen molar-refractivity contribution in [2.45, 2.75) is 6.29 Å². The van der Waals surface area contributed by atoms with Gasteiger partial charge in [0.2, 0.25) is 6.29 Å². The Balaban J connectivity index is 2.07. The molecule has 0 saturated carbocycles. The Kier molecular flexibility index (Phi) is 2.98. The fraction of sp³-hybridized carbons (Fsp3) is 0.235. The van der Waals surface area contributed by atoms with Gasteiger partial charge < -0.3 is 14.2 Å². The predicted octanol–water partition coefficient (Wildman–Crippen LogP) is 3.44. The van der Waals surface area contributed by atoms with E-state index in [1.54, 1.807) is 7.11 Å². The topological polar surface area (TPSA) is 40.6 Å². The summed E-state index contributed by atoms with van der Waals surface area (Å²) in [5.74, 6) is 0.804. The van der Waals surface area contributed by atoms with E-state index in [1.165, 1.54) is 0 Å². The van der Waals surface area contributed by atoms with Gasteiger partial charge in [0.25, 0.3) is 0 Å². The molecule has 1 saturated heterocycles. The van der Waals surface area contributed by atoms with Gasteiger partial charge in [-0.2, -0.15) is 0 Å². The molecule has 0 spiro atoms. The monoisotopic (exact) mass is 281 g/mol. The highest BCUT2D eigenvalue weighted by Gasteiger charge is 2.23. The molecule has 4 rings (SSSR count). The first-order valence-corrected chi connectivity index (χ1v) is 6.96. The summed E-state index contributed by atoms with van der Waals surface area (Å²) in [6, 6.07) is 14.1. The lowest BCUT2D eigenvalue weighted by atomic mass is 10.0. The fourth-order valence-electron chi connectivity index (χ4n) is 2.78. The zero-order valence-corrected chi connectivity index (χ0v) is 11.7. The fourth-order valence-corrected chi connectivity index (χ4v) is 2.78. The quantitative estimate of drug-likeness (QED) is 0.675. The Hall–Kier alpha value is -2.17. The van der Waals surface area contributed by atoms with E-state index in [0.29, 0.717) is 13.2 Å². The maximum Gasteiger partial charge on any atom is 0.201 e. The third-order valence-electron chi connectivity index (χ3n) is 3.78. The van der Waals surface area contributed by atoms with E-state index in [2.05, 4.69) is 12.1 Å². The number of benzene rings is 2. The Bertz CT molecular complexity index is 810. The van der Waals surface area contributed by atoms with Crippen molar-refractivity contribution < 1.29 is 14.2 Å². The van der Waals surface area contributed by atoms with Gasteiger partial charge in [-0.3, -0.25) is 0 Å². The normalized spacial score (nSPS) is 15.9. The minimum atomic E-state index is -0.399. The van der Waals surface area contributed by atoms with E-state index in [9.17, 15) is 0 Å². The molecule has 0 unspecified atom stereocenters. The Morgan fingerprint density at radius 3 is 2.62 bits per heavy atom. The van der Waals surface area contributed by atoms with E-state index in [0.717, 1.165) is 33.1 Å². The van der Waals surface area contributed by atoms with Crippen LogP contribution in [-0.4, -0.2) is 25.3 Å². The minimum absolute atomic E-state index is 0.399. The van der Waals surface area contributed by atoms with Gasteiger partial charge in [-0.25, -0.2) is 4.98 Å². The van der Waals surface area contributed by atoms with Crippen molar-refractivity contribution in [2.75, 3.05) is 20.3 Å². The van der Waals surface area contributed by atoms with Gasteiger partial charge in [0, 0.05) is 10.8 Å². The Labute approximate surface area is 122 Å². The molecule has 0 aliphatic carbocycles. The smallest absolute Gasteiger partial charge is 0.201 e. The van der Waals surface area contributed by atoms with Crippen LogP contribution in [0.5, 0.6) is 5.75 Å². The van der Waals surface area contributed by atoms with Gasteiger partial charge >= 0.3 is 0 Å². The van der Waals surface area contributed by atoms with E-state index in [1.807, 2.05) is 30.3 Å². The van der Waals surface area contributed by atoms with Crippen LogP contribution in [-0.2, 0) is 9.47 Å². The SMILES string of the molecule is COc1ccc2c(c1)c(C1OCCO1)nc1ccccc12. The standard InChI is InChI=1S/C17H15NO3/c1-19-11-6-7-12-13-4-2-3-5-15(13)18-16(14(12)10-11)17-20-8-9-21-17/h2-7,10,17H,8-9H2,1H3. The second kappa shape index (κ2) is 4.98. The van der Waals surface area contributed by atoms with Crippen molar-refractivity contribution in [3.63, 3.8) is 0 Å². The third-order valence-corrected chi connectivity index (χ3v) is 3.78. The molecule has 21 heavy (non-hydrogen) atoms. The van der Waals surface area contributed by atoms with Crippen molar-refractivity contribution in [3.05, 3.63) is 48.2 Å². The molecular formula is C17H15NO3. The van der Waals surface area contributed by atoms with Gasteiger partial charge in [-0.15, -0.1) is 0 Å². The number of methoxy groups -OCH3 is 1. The van der Waals surface area contributed by atoms with E-state index in [-0.39, 0.29) is 0 Å². The van der Waals surface area contributed by atoms with E-state index in [4.69, 9.17) is 19.2 Å². The molecule has 1 fully saturated rings. The lowest BCUT2D eigenvalue weighted by Crippen LogP contribution is -2.03. The van der Waals surface area contributed by atoms with Crippen molar-refractivity contribution in [1.29, 1.82) is 0 Å². The number of hydrogen-bond acceptors (Lipinski definition) is 4. The largest absolute Gasteiger partial charge is 0.497 e. The molecule has 0 atom stereocenters. The molecule has 2 aromatic carbocycles. The first-order chi connectivity index (χ1) is 10.4. The average Bonchev–Trinajstić information content (AvgIpc) is 3.07. The number of ether oxygens (including phenoxy) is 3. The maximum absolute atomic E-state index is 5.64. The molecule has 4 nitrogen and oxygen atoms in total. The molecule has 2 heterocycles. The van der Waals surface area contributed by atoms with Gasteiger partial charge in [0.05, 0.1) is 25.8 Å². The van der Waals surface area contributed by atoms with Crippen molar-refractivity contribution >= 4 is 21.7 Å². The molecule has 1 aliphatic heterocycles. The number of rotatable bonds is 2. The summed E-state index contributed by atoms with van der Waals surface area (Å²) in [6.45, 7) is 1.20. The summed E-state index contributed by atoms with van der Waals surface area (Å²) in [5, 5.41) is 3.27. The maximum atomic E-state index is 5.64. The zero-order chi connectivity index (χ0) is 14.2. The van der Waals surface area contributed by atoms with Crippen LogP contribution in [0.4, 0.5) is 0 Å². The number of fused-ring (bicyclic) bond motifs is 3. The van der Waals surface area contributed by atoms with Crippen LogP contribution in [0.15, 0.2) is 42.5 Å². The second-order valence-electron chi connectivity index (χ2n) is 5.00. The minimum Gasteiger partial charge on any atom is -0.497 e. The molecule has 0 N–H and O–H groups in total. The van der Waals surface area contributed by atoms with Crippen molar-refractivity contribution in [2.24, 2.45) is 0 Å². The molecule has 1 aliphatic rings. The summed E-state index contributed by atoms with van der Waals surface area (Å²) in [4.78, 5) is 4.76. The second-order valence-corrected chi connectivity index (χ2v) is 5.00. The van der Waals surface area contributed by atoms with Crippen molar-refractivity contribution in [1.82, 2.24) is 4.98 Å². The van der Waals surface area contributed by atoms with Gasteiger partial charge in [-0.05, 0) is 29.7 Å². The van der Waals surface area contributed by atoms with Crippen LogP contribution >= 0.6 is 0 Å². The summed E-state index contributed by atoms with van der Waals surface area (Å²) in [5.41, 5.74) is 1.77. The molecule has 0 bridgehead atoms. The molecule has 3 aromatic rings. The molecule has 4 heteroatoms. The van der Waals surface area contributed by atoms with Crippen LogP contribution in [0.3, 0.4) is 0 Å². The molecule has 0 amide bonds. The number of hydrogen-bond donors (Lipinski definition) is 0. The van der Waals surface area contributed by atoms with Gasteiger partial charge in [-0.1, -0.05) is 18.2 Å². The van der Waals surface area contributed by atoms with E-state index < -0.39 is 6.29 Å². The lowest BCUT2D eigenvalue weighted by molar-refractivity contribution is -0.0458. The van der Waals surface area contributed by atoms with Crippen LogP contribution < -0.4 is 4.74 Å². The number of nitrogens with zero attached hydrogens (tertiary/aromatic N) is 1. The zero-order valence-electron chi connectivity index (χ0n) is 11.7. The Morgan fingerprint density at radius 1 is 1.00 bits per heavy atom. The summed E-state index contributed by atoms with van der Waals surface area (Å²) >= 11 is 0. The molecule has 0 radical (unpaired) electrons. The number of pyridine rings is 1. The van der Waals surface area contributed by atoms with Crippen LogP contribution in [0, 0.1) is 0 Å². The highest BCUT2D eigenvalue weighted by molar-refractivity contribution is 6.07. The summed E-state index contributed by atoms with van der Waals surface area (Å²) < 4.78 is 16.6. The number of para-hydroxylation sites is 1. The highest BCUT2D eigenvalue weighted by Crippen LogP contribution is 2.34. The first-order valence-electron chi connectivity index (χ1n) is 6.96. The first kappa shape index (κ1) is 12.6. The average molecular weight is 281 g/mol. The summed E-state index contributed by atoms with van der Waals surface area (Å²) in [7, 11) is 1.66. The van der Waals surface area contributed by atoms with E-state index >= 15 is 0 Å². The van der Waals surface area contributed by atoms with Gasteiger partial charge in [0.1, 0.15) is 11.4 Å². The molecule has 106 valence electrons. The third kappa shape index (κ3) is 2.04. The molecule has 1 aromatic heterocycles. The van der Waals surface area contributed by atoms with Crippen molar-refractivity contribution in [3.8, 4) is 5.75 Å². The summed E-state index contributed by atoms with van der Waals surface area (Å²) in [6.07, 6.45) is -0.399.